The molecule has 0 aromatic rings. The van der Waals surface area contributed by atoms with E-state index in [1.807, 2.05) is 0 Å². The molecule has 0 aromatic carbocycles. The van der Waals surface area contributed by atoms with Crippen LogP contribution in [0.3, 0.4) is 0 Å². The van der Waals surface area contributed by atoms with Gasteiger partial charge in [-0.15, -0.1) is 0 Å². The molecule has 7 N–H and O–H groups in total. The van der Waals surface area contributed by atoms with Crippen molar-refractivity contribution in [3.8, 4) is 0 Å². The molecule has 0 spiro atoms. The van der Waals surface area contributed by atoms with E-state index < -0.39 is 45.1 Å². The van der Waals surface area contributed by atoms with Gasteiger partial charge >= 0.3 is 7.82 Å². The summed E-state index contributed by atoms with van der Waals surface area (Å²) in [7, 11) is -4.83. The third-order valence-electron chi connectivity index (χ3n) is 2.17. The summed E-state index contributed by atoms with van der Waals surface area (Å²) < 4.78 is 19.5. The molecule has 16 heavy (non-hydrogen) atoms. The monoisotopic (exact) mass is 259 g/mol. The van der Waals surface area contributed by atoms with Gasteiger partial charge in [0.15, 0.2) is 6.29 Å². The topological polar surface area (TPSA) is 163 Å². The SMILES string of the molecule is N[C@H]1C(OP(=O)(O)O)O[C@H](CO)[C@@H](O)[C@@H]1O. The molecule has 1 unspecified atom stereocenters. The molecule has 0 saturated carbocycles. The minimum atomic E-state index is -4.83. The molecule has 0 amide bonds. The third kappa shape index (κ3) is 3.20. The van der Waals surface area contributed by atoms with Crippen molar-refractivity contribution in [1.29, 1.82) is 0 Å². The lowest BCUT2D eigenvalue weighted by Gasteiger charge is -2.40. The third-order valence-corrected chi connectivity index (χ3v) is 2.65. The van der Waals surface area contributed by atoms with Gasteiger partial charge in [0.1, 0.15) is 18.3 Å². The fourth-order valence-electron chi connectivity index (χ4n) is 1.33. The van der Waals surface area contributed by atoms with Crippen LogP contribution in [0.15, 0.2) is 0 Å². The number of rotatable bonds is 3. The van der Waals surface area contributed by atoms with E-state index in [2.05, 4.69) is 4.52 Å². The second kappa shape index (κ2) is 5.05. The summed E-state index contributed by atoms with van der Waals surface area (Å²) in [5.74, 6) is 0. The molecule has 1 heterocycles. The Morgan fingerprint density at radius 3 is 2.31 bits per heavy atom. The summed E-state index contributed by atoms with van der Waals surface area (Å²) in [6, 6.07) is -1.33. The van der Waals surface area contributed by atoms with Gasteiger partial charge in [-0.05, 0) is 0 Å². The Bertz CT molecular complexity index is 280. The van der Waals surface area contributed by atoms with Crippen molar-refractivity contribution in [2.75, 3.05) is 6.61 Å². The number of hydrogen-bond acceptors (Lipinski definition) is 7. The quantitative estimate of drug-likeness (QED) is 0.287. The van der Waals surface area contributed by atoms with Gasteiger partial charge < -0.3 is 35.6 Å². The first kappa shape index (κ1) is 14.0. The van der Waals surface area contributed by atoms with Gasteiger partial charge in [0.05, 0.1) is 12.6 Å². The molecule has 1 rings (SSSR count). The van der Waals surface area contributed by atoms with E-state index in [0.717, 1.165) is 0 Å². The average molecular weight is 259 g/mol. The van der Waals surface area contributed by atoms with Gasteiger partial charge in [-0.25, -0.2) is 4.57 Å². The number of nitrogens with two attached hydrogens (primary N) is 1. The number of phosphoric acid groups is 1. The van der Waals surface area contributed by atoms with Crippen molar-refractivity contribution in [1.82, 2.24) is 0 Å². The summed E-state index contributed by atoms with van der Waals surface area (Å²) in [6.45, 7) is -0.647. The maximum atomic E-state index is 10.6. The molecular weight excluding hydrogens is 245 g/mol. The Hall–Kier alpha value is -0.0900. The van der Waals surface area contributed by atoms with Crippen LogP contribution >= 0.6 is 7.82 Å². The first-order chi connectivity index (χ1) is 7.26. The van der Waals surface area contributed by atoms with Gasteiger partial charge in [-0.2, -0.15) is 0 Å². The number of ether oxygens (including phenoxy) is 1. The van der Waals surface area contributed by atoms with Crippen molar-refractivity contribution in [2.24, 2.45) is 5.73 Å². The molecule has 5 atom stereocenters. The fourth-order valence-corrected chi connectivity index (χ4v) is 1.79. The molecule has 1 fully saturated rings. The first-order valence-corrected chi connectivity index (χ1v) is 5.91. The lowest BCUT2D eigenvalue weighted by molar-refractivity contribution is -0.242. The zero-order chi connectivity index (χ0) is 12.5. The van der Waals surface area contributed by atoms with Crippen molar-refractivity contribution in [3.05, 3.63) is 0 Å². The molecule has 1 saturated heterocycles. The number of phosphoric ester groups is 1. The Kier molecular flexibility index (Phi) is 4.41. The number of hydrogen-bond donors (Lipinski definition) is 6. The van der Waals surface area contributed by atoms with Crippen molar-refractivity contribution in [2.45, 2.75) is 30.6 Å². The molecular formula is C6H14NO8P. The van der Waals surface area contributed by atoms with E-state index in [-0.39, 0.29) is 0 Å². The van der Waals surface area contributed by atoms with E-state index in [9.17, 15) is 14.8 Å². The second-order valence-corrected chi connectivity index (χ2v) is 4.57. The van der Waals surface area contributed by atoms with Crippen LogP contribution in [-0.2, 0) is 13.8 Å². The molecule has 96 valence electrons. The van der Waals surface area contributed by atoms with Crippen LogP contribution in [0.5, 0.6) is 0 Å². The maximum absolute atomic E-state index is 10.6. The van der Waals surface area contributed by atoms with Crippen LogP contribution in [0.4, 0.5) is 0 Å². The first-order valence-electron chi connectivity index (χ1n) is 4.38. The van der Waals surface area contributed by atoms with Crippen molar-refractivity contribution >= 4 is 7.82 Å². The van der Waals surface area contributed by atoms with Crippen molar-refractivity contribution < 1.29 is 38.9 Å². The molecule has 0 aliphatic carbocycles. The van der Waals surface area contributed by atoms with E-state index in [0.29, 0.717) is 0 Å². The predicted octanol–water partition coefficient (Wildman–Crippen LogP) is -3.14. The van der Waals surface area contributed by atoms with Gasteiger partial charge in [-0.1, -0.05) is 0 Å². The van der Waals surface area contributed by atoms with Gasteiger partial charge in [0, 0.05) is 0 Å². The van der Waals surface area contributed by atoms with Crippen LogP contribution in [0.25, 0.3) is 0 Å². The van der Waals surface area contributed by atoms with Gasteiger partial charge in [0.25, 0.3) is 0 Å². The largest absolute Gasteiger partial charge is 0.471 e. The summed E-state index contributed by atoms with van der Waals surface area (Å²) in [5.41, 5.74) is 5.35. The van der Waals surface area contributed by atoms with Crippen LogP contribution in [-0.4, -0.2) is 62.4 Å². The molecule has 1 aliphatic heterocycles. The lowest BCUT2D eigenvalue weighted by Crippen LogP contribution is -2.62. The Morgan fingerprint density at radius 1 is 1.31 bits per heavy atom. The van der Waals surface area contributed by atoms with Crippen molar-refractivity contribution in [3.63, 3.8) is 0 Å². The lowest BCUT2D eigenvalue weighted by atomic mass is 9.98. The zero-order valence-electron chi connectivity index (χ0n) is 8.08. The van der Waals surface area contributed by atoms with Crippen LogP contribution < -0.4 is 5.73 Å². The molecule has 9 nitrogen and oxygen atoms in total. The summed E-state index contributed by atoms with van der Waals surface area (Å²) in [6.07, 6.45) is -5.78. The minimum Gasteiger partial charge on any atom is -0.394 e. The predicted molar refractivity (Wildman–Crippen MR) is 48.9 cm³/mol. The highest BCUT2D eigenvalue weighted by Gasteiger charge is 2.45. The number of aliphatic hydroxyl groups excluding tert-OH is 3. The summed E-state index contributed by atoms with van der Waals surface area (Å²) in [4.78, 5) is 17.1. The Labute approximate surface area is 90.6 Å². The zero-order valence-corrected chi connectivity index (χ0v) is 8.97. The van der Waals surface area contributed by atoms with Crippen LogP contribution in [0, 0.1) is 0 Å². The molecule has 10 heteroatoms. The second-order valence-electron chi connectivity index (χ2n) is 3.38. The van der Waals surface area contributed by atoms with Gasteiger partial charge in [0.2, 0.25) is 0 Å². The Balaban J connectivity index is 2.75. The molecule has 0 radical (unpaired) electrons. The van der Waals surface area contributed by atoms with Crippen LogP contribution in [0.1, 0.15) is 0 Å². The normalized spacial score (nSPS) is 41.0. The average Bonchev–Trinajstić information content (AvgIpc) is 2.17. The highest BCUT2D eigenvalue weighted by Crippen LogP contribution is 2.40. The van der Waals surface area contributed by atoms with Gasteiger partial charge in [-0.3, -0.25) is 4.52 Å². The van der Waals surface area contributed by atoms with Crippen LogP contribution in [0.2, 0.25) is 0 Å². The molecule has 1 aliphatic rings. The number of aliphatic hydroxyl groups is 3. The van der Waals surface area contributed by atoms with E-state index >= 15 is 0 Å². The smallest absolute Gasteiger partial charge is 0.394 e. The standard InChI is InChI=1S/C6H14NO8P/c7-3-5(10)4(9)2(1-8)14-6(3)15-16(11,12)13/h2-6,8-10H,1,7H2,(H2,11,12,13)/t2-,3-,4-,5-,6?/m1/s1. The highest BCUT2D eigenvalue weighted by atomic mass is 31.2. The highest BCUT2D eigenvalue weighted by molar-refractivity contribution is 7.46. The summed E-state index contributed by atoms with van der Waals surface area (Å²) >= 11 is 0. The van der Waals surface area contributed by atoms with E-state index in [4.69, 9.17) is 25.4 Å². The molecule has 0 aromatic heterocycles. The van der Waals surface area contributed by atoms with E-state index in [1.54, 1.807) is 0 Å². The minimum absolute atomic E-state index is 0.647. The summed E-state index contributed by atoms with van der Waals surface area (Å²) in [5, 5.41) is 27.6. The van der Waals surface area contributed by atoms with E-state index in [1.165, 1.54) is 0 Å². The molecule has 0 bridgehead atoms. The fraction of sp³-hybridized carbons (Fsp3) is 1.00. The Morgan fingerprint density at radius 2 is 1.88 bits per heavy atom. The maximum Gasteiger partial charge on any atom is 0.471 e.